The molecule has 0 aromatic heterocycles. The molecule has 2 aromatic rings. The van der Waals surface area contributed by atoms with E-state index in [2.05, 4.69) is 10.2 Å². The molecule has 0 fully saturated rings. The van der Waals surface area contributed by atoms with Gasteiger partial charge in [0.2, 0.25) is 0 Å². The highest BCUT2D eigenvalue weighted by molar-refractivity contribution is 5.60. The molecule has 2 aromatic carbocycles. The van der Waals surface area contributed by atoms with Gasteiger partial charge in [0.25, 0.3) is 0 Å². The molecular weight excluding hydrogens is 223 g/mol. The largest absolute Gasteiger partial charge is 0.505 e. The molecule has 0 atom stereocenters. The second-order valence-corrected chi connectivity index (χ2v) is 3.30. The lowest BCUT2D eigenvalue weighted by Gasteiger charge is -2.00. The van der Waals surface area contributed by atoms with Crippen molar-refractivity contribution in [2.24, 2.45) is 10.2 Å². The molecule has 0 aliphatic carbocycles. The SMILES string of the molecule is Oc1cccc(O)c1N=Nc1ccccc1F. The van der Waals surface area contributed by atoms with Crippen molar-refractivity contribution in [2.45, 2.75) is 0 Å². The average Bonchev–Trinajstić information content (AvgIpc) is 2.30. The fourth-order valence-corrected chi connectivity index (χ4v) is 1.26. The van der Waals surface area contributed by atoms with Crippen LogP contribution in [-0.2, 0) is 0 Å². The lowest BCUT2D eigenvalue weighted by atomic mass is 10.3. The van der Waals surface area contributed by atoms with Gasteiger partial charge in [-0.3, -0.25) is 0 Å². The van der Waals surface area contributed by atoms with Gasteiger partial charge in [0.15, 0.2) is 11.5 Å². The molecule has 17 heavy (non-hydrogen) atoms. The number of phenolic OH excluding ortho intramolecular Hbond substituents is 2. The molecular formula is C12H9FN2O2. The Hall–Kier alpha value is -2.43. The second kappa shape index (κ2) is 4.61. The maximum absolute atomic E-state index is 13.2. The van der Waals surface area contributed by atoms with Gasteiger partial charge in [0.1, 0.15) is 17.2 Å². The number of azo groups is 1. The molecule has 0 bridgehead atoms. The number of rotatable bonds is 2. The summed E-state index contributed by atoms with van der Waals surface area (Å²) in [5.74, 6) is -0.957. The molecule has 0 spiro atoms. The van der Waals surface area contributed by atoms with Crippen LogP contribution in [0.3, 0.4) is 0 Å². The summed E-state index contributed by atoms with van der Waals surface area (Å²) >= 11 is 0. The predicted molar refractivity (Wildman–Crippen MR) is 60.3 cm³/mol. The van der Waals surface area contributed by atoms with Gasteiger partial charge in [0.05, 0.1) is 0 Å². The van der Waals surface area contributed by atoms with Crippen molar-refractivity contribution in [3.63, 3.8) is 0 Å². The summed E-state index contributed by atoms with van der Waals surface area (Å²) in [4.78, 5) is 0. The van der Waals surface area contributed by atoms with Crippen LogP contribution in [0.2, 0.25) is 0 Å². The van der Waals surface area contributed by atoms with E-state index < -0.39 is 5.82 Å². The minimum atomic E-state index is -0.522. The number of aromatic hydroxyl groups is 2. The number of phenols is 2. The van der Waals surface area contributed by atoms with Crippen LogP contribution in [0, 0.1) is 5.82 Å². The molecule has 86 valence electrons. The van der Waals surface area contributed by atoms with Crippen LogP contribution in [0.1, 0.15) is 0 Å². The number of benzene rings is 2. The molecule has 0 amide bonds. The molecule has 5 heteroatoms. The van der Waals surface area contributed by atoms with Crippen LogP contribution in [-0.4, -0.2) is 10.2 Å². The molecule has 0 heterocycles. The van der Waals surface area contributed by atoms with E-state index in [1.54, 1.807) is 6.07 Å². The van der Waals surface area contributed by atoms with E-state index in [-0.39, 0.29) is 22.9 Å². The first-order valence-electron chi connectivity index (χ1n) is 4.85. The minimum absolute atomic E-state index is 0.0372. The Morgan fingerprint density at radius 1 is 0.824 bits per heavy atom. The standard InChI is InChI=1S/C12H9FN2O2/c13-8-4-1-2-5-9(8)14-15-12-10(16)6-3-7-11(12)17/h1-7,16-17H. The molecule has 0 saturated carbocycles. The monoisotopic (exact) mass is 232 g/mol. The summed E-state index contributed by atoms with van der Waals surface area (Å²) in [7, 11) is 0. The summed E-state index contributed by atoms with van der Waals surface area (Å²) in [5.41, 5.74) is -0.0501. The third-order valence-electron chi connectivity index (χ3n) is 2.10. The third kappa shape index (κ3) is 2.39. The van der Waals surface area contributed by atoms with Crippen molar-refractivity contribution in [2.75, 3.05) is 0 Å². The van der Waals surface area contributed by atoms with Crippen molar-refractivity contribution < 1.29 is 14.6 Å². The van der Waals surface area contributed by atoms with Crippen LogP contribution in [0.25, 0.3) is 0 Å². The van der Waals surface area contributed by atoms with Crippen molar-refractivity contribution in [3.8, 4) is 11.5 Å². The van der Waals surface area contributed by atoms with E-state index in [1.165, 1.54) is 36.4 Å². The van der Waals surface area contributed by atoms with Crippen molar-refractivity contribution >= 4 is 11.4 Å². The average molecular weight is 232 g/mol. The smallest absolute Gasteiger partial charge is 0.169 e. The second-order valence-electron chi connectivity index (χ2n) is 3.30. The van der Waals surface area contributed by atoms with E-state index in [9.17, 15) is 14.6 Å². The van der Waals surface area contributed by atoms with Crippen molar-refractivity contribution in [1.29, 1.82) is 0 Å². The summed E-state index contributed by atoms with van der Waals surface area (Å²) in [5, 5.41) is 26.1. The Morgan fingerprint density at radius 3 is 2.12 bits per heavy atom. The predicted octanol–water partition coefficient (Wildman–Crippen LogP) is 3.65. The lowest BCUT2D eigenvalue weighted by molar-refractivity contribution is 0.452. The van der Waals surface area contributed by atoms with Gasteiger partial charge in [0, 0.05) is 0 Å². The van der Waals surface area contributed by atoms with Gasteiger partial charge in [-0.25, -0.2) is 4.39 Å². The van der Waals surface area contributed by atoms with E-state index in [0.29, 0.717) is 0 Å². The number of hydrogen-bond donors (Lipinski definition) is 2. The topological polar surface area (TPSA) is 65.2 Å². The van der Waals surface area contributed by atoms with Crippen molar-refractivity contribution in [3.05, 3.63) is 48.3 Å². The first-order valence-corrected chi connectivity index (χ1v) is 4.85. The van der Waals surface area contributed by atoms with Gasteiger partial charge in [-0.2, -0.15) is 0 Å². The van der Waals surface area contributed by atoms with Gasteiger partial charge < -0.3 is 10.2 Å². The summed E-state index contributed by atoms with van der Waals surface area (Å²) < 4.78 is 13.2. The van der Waals surface area contributed by atoms with Gasteiger partial charge >= 0.3 is 0 Å². The van der Waals surface area contributed by atoms with Crippen LogP contribution in [0.5, 0.6) is 11.5 Å². The minimum Gasteiger partial charge on any atom is -0.505 e. The molecule has 0 radical (unpaired) electrons. The summed E-state index contributed by atoms with van der Waals surface area (Å²) in [6, 6.07) is 10.0. The molecule has 0 saturated heterocycles. The van der Waals surface area contributed by atoms with Crippen LogP contribution in [0.4, 0.5) is 15.8 Å². The fourth-order valence-electron chi connectivity index (χ4n) is 1.26. The molecule has 2 rings (SSSR count). The van der Waals surface area contributed by atoms with Gasteiger partial charge in [-0.15, -0.1) is 10.2 Å². The Labute approximate surface area is 96.7 Å². The Kier molecular flexibility index (Phi) is 3.00. The Balaban J connectivity index is 2.36. The van der Waals surface area contributed by atoms with Crippen LogP contribution >= 0.6 is 0 Å². The Morgan fingerprint density at radius 2 is 1.47 bits per heavy atom. The number of nitrogens with zero attached hydrogens (tertiary/aromatic N) is 2. The molecule has 0 aliphatic rings. The van der Waals surface area contributed by atoms with E-state index in [1.807, 2.05) is 0 Å². The normalized spacial score (nSPS) is 10.9. The van der Waals surface area contributed by atoms with Crippen LogP contribution < -0.4 is 0 Å². The highest BCUT2D eigenvalue weighted by Gasteiger charge is 2.05. The van der Waals surface area contributed by atoms with Crippen molar-refractivity contribution in [1.82, 2.24) is 0 Å². The fraction of sp³-hybridized carbons (Fsp3) is 0. The quantitative estimate of drug-likeness (QED) is 0.776. The zero-order valence-electron chi connectivity index (χ0n) is 8.71. The summed E-state index contributed by atoms with van der Waals surface area (Å²) in [6.45, 7) is 0. The zero-order chi connectivity index (χ0) is 12.3. The van der Waals surface area contributed by atoms with E-state index >= 15 is 0 Å². The maximum atomic E-state index is 13.2. The first-order chi connectivity index (χ1) is 8.18. The van der Waals surface area contributed by atoms with Crippen LogP contribution in [0.15, 0.2) is 52.7 Å². The lowest BCUT2D eigenvalue weighted by Crippen LogP contribution is -1.73. The highest BCUT2D eigenvalue weighted by atomic mass is 19.1. The molecule has 2 N–H and O–H groups in total. The highest BCUT2D eigenvalue weighted by Crippen LogP contribution is 2.36. The molecule has 0 aliphatic heterocycles. The maximum Gasteiger partial charge on any atom is 0.169 e. The van der Waals surface area contributed by atoms with Gasteiger partial charge in [-0.05, 0) is 24.3 Å². The number of hydrogen-bond acceptors (Lipinski definition) is 4. The van der Waals surface area contributed by atoms with Gasteiger partial charge in [-0.1, -0.05) is 18.2 Å². The summed E-state index contributed by atoms with van der Waals surface area (Å²) in [6.07, 6.45) is 0. The van der Waals surface area contributed by atoms with E-state index in [0.717, 1.165) is 0 Å². The zero-order valence-corrected chi connectivity index (χ0v) is 8.71. The Bertz CT molecular complexity index is 550. The first kappa shape index (κ1) is 11.1. The molecule has 0 unspecified atom stereocenters. The van der Waals surface area contributed by atoms with E-state index in [4.69, 9.17) is 0 Å². The number of halogens is 1. The third-order valence-corrected chi connectivity index (χ3v) is 2.10. The molecule has 4 nitrogen and oxygen atoms in total.